The fourth-order valence-corrected chi connectivity index (χ4v) is 3.64. The van der Waals surface area contributed by atoms with E-state index in [9.17, 15) is 0 Å². The molecule has 0 amide bonds. The third-order valence-electron chi connectivity index (χ3n) is 5.40. The fourth-order valence-electron chi connectivity index (χ4n) is 3.64. The second-order valence-electron chi connectivity index (χ2n) is 7.47. The first kappa shape index (κ1) is 19.9. The number of fused-ring (bicyclic) bond motifs is 1. The Bertz CT molecular complexity index is 1200. The number of benzene rings is 1. The molecule has 4 aromatic rings. The van der Waals surface area contributed by atoms with Gasteiger partial charge in [-0.25, -0.2) is 4.98 Å². The number of hydrogen-bond acceptors (Lipinski definition) is 6. The molecule has 0 unspecified atom stereocenters. The number of aryl methyl sites for hydroxylation is 2. The van der Waals surface area contributed by atoms with Crippen LogP contribution in [0.3, 0.4) is 0 Å². The minimum atomic E-state index is 0.599. The van der Waals surface area contributed by atoms with Crippen molar-refractivity contribution < 1.29 is 0 Å². The minimum absolute atomic E-state index is 0.599. The first-order chi connectivity index (χ1) is 14.6. The van der Waals surface area contributed by atoms with Crippen LogP contribution >= 0.6 is 0 Å². The predicted molar refractivity (Wildman–Crippen MR) is 119 cm³/mol. The van der Waals surface area contributed by atoms with Gasteiger partial charge in [0.25, 0.3) is 0 Å². The van der Waals surface area contributed by atoms with Crippen LogP contribution in [0, 0.1) is 13.8 Å². The van der Waals surface area contributed by atoms with Crippen LogP contribution in [0.15, 0.2) is 36.8 Å². The summed E-state index contributed by atoms with van der Waals surface area (Å²) in [5.41, 5.74) is 5.96. The van der Waals surface area contributed by atoms with Crippen molar-refractivity contribution in [3.63, 3.8) is 0 Å². The lowest BCUT2D eigenvalue weighted by Crippen LogP contribution is -2.23. The average Bonchev–Trinajstić information content (AvgIpc) is 3.30. The molecule has 4 rings (SSSR count). The van der Waals surface area contributed by atoms with E-state index >= 15 is 0 Å². The van der Waals surface area contributed by atoms with Crippen LogP contribution in [0.2, 0.25) is 0 Å². The van der Waals surface area contributed by atoms with E-state index in [0.29, 0.717) is 11.5 Å². The fraction of sp³-hybridized carbons (Fsp3) is 0.348. The lowest BCUT2D eigenvalue weighted by Gasteiger charge is -2.23. The molecule has 154 valence electrons. The summed E-state index contributed by atoms with van der Waals surface area (Å²) in [6, 6.07) is 6.65. The number of hydrogen-bond donors (Lipinski definition) is 0. The highest BCUT2D eigenvalue weighted by Crippen LogP contribution is 2.21. The summed E-state index contributed by atoms with van der Waals surface area (Å²) in [6.45, 7) is 10.7. The summed E-state index contributed by atoms with van der Waals surface area (Å²) in [5, 5.41) is 14.3. The Morgan fingerprint density at radius 3 is 2.67 bits per heavy atom. The van der Waals surface area contributed by atoms with E-state index in [2.05, 4.69) is 75.2 Å². The monoisotopic (exact) mass is 401 g/mol. The molecular formula is C23H27N7. The number of rotatable bonds is 7. The zero-order valence-corrected chi connectivity index (χ0v) is 18.0. The van der Waals surface area contributed by atoms with Crippen LogP contribution in [0.5, 0.6) is 0 Å². The van der Waals surface area contributed by atoms with Crippen molar-refractivity contribution in [2.45, 2.75) is 40.5 Å². The molecule has 0 aliphatic carbocycles. The highest BCUT2D eigenvalue weighted by Gasteiger charge is 2.15. The first-order valence-electron chi connectivity index (χ1n) is 10.5. The molecule has 1 aromatic carbocycles. The first-order valence-corrected chi connectivity index (χ1v) is 10.5. The van der Waals surface area contributed by atoms with Gasteiger partial charge in [0.15, 0.2) is 5.65 Å². The summed E-state index contributed by atoms with van der Waals surface area (Å²) in [6.07, 6.45) is 9.51. The van der Waals surface area contributed by atoms with Crippen molar-refractivity contribution in [1.29, 1.82) is 0 Å². The average molecular weight is 402 g/mol. The zero-order chi connectivity index (χ0) is 21.1. The summed E-state index contributed by atoms with van der Waals surface area (Å²) >= 11 is 0. The van der Waals surface area contributed by atoms with Crippen molar-refractivity contribution in [1.82, 2.24) is 29.8 Å². The molecule has 0 fully saturated rings. The normalized spacial score (nSPS) is 12.1. The summed E-state index contributed by atoms with van der Waals surface area (Å²) in [4.78, 5) is 10.9. The minimum Gasteiger partial charge on any atom is -0.372 e. The number of unbranched alkanes of at least 4 members (excludes halogenated alkanes) is 1. The topological polar surface area (TPSA) is 72.1 Å². The van der Waals surface area contributed by atoms with E-state index in [1.807, 2.05) is 6.92 Å². The van der Waals surface area contributed by atoms with Gasteiger partial charge in [-0.3, -0.25) is 4.98 Å². The highest BCUT2D eigenvalue weighted by molar-refractivity contribution is 5.65. The van der Waals surface area contributed by atoms with Crippen LogP contribution in [-0.4, -0.2) is 42.9 Å². The number of anilines is 1. The molecule has 0 atom stereocenters. The Kier molecular flexibility index (Phi) is 5.70. The molecule has 0 bridgehead atoms. The molecule has 0 radical (unpaired) electrons. The smallest absolute Gasteiger partial charge is 0.205 e. The van der Waals surface area contributed by atoms with Gasteiger partial charge in [0, 0.05) is 36.4 Å². The van der Waals surface area contributed by atoms with Crippen molar-refractivity contribution in [3.8, 4) is 11.5 Å². The SMILES string of the molecule is CCCCN(CC)c1ccc(/C=c2/c(C)nn3c(-c4cnccn4)nnc23)c(C)c1. The lowest BCUT2D eigenvalue weighted by molar-refractivity contribution is 0.732. The van der Waals surface area contributed by atoms with Crippen molar-refractivity contribution >= 4 is 17.4 Å². The Hall–Kier alpha value is -3.35. The number of nitrogens with zero attached hydrogens (tertiary/aromatic N) is 7. The van der Waals surface area contributed by atoms with E-state index in [1.165, 1.54) is 24.1 Å². The Morgan fingerprint density at radius 2 is 1.97 bits per heavy atom. The van der Waals surface area contributed by atoms with Gasteiger partial charge >= 0.3 is 0 Å². The molecule has 30 heavy (non-hydrogen) atoms. The van der Waals surface area contributed by atoms with Crippen LogP contribution in [-0.2, 0) is 0 Å². The maximum absolute atomic E-state index is 4.65. The third-order valence-corrected chi connectivity index (χ3v) is 5.40. The van der Waals surface area contributed by atoms with Crippen molar-refractivity contribution in [2.75, 3.05) is 18.0 Å². The largest absolute Gasteiger partial charge is 0.372 e. The van der Waals surface area contributed by atoms with Crippen LogP contribution in [0.25, 0.3) is 23.2 Å². The van der Waals surface area contributed by atoms with E-state index in [-0.39, 0.29) is 0 Å². The van der Waals surface area contributed by atoms with Gasteiger partial charge in [0.05, 0.1) is 11.9 Å². The highest BCUT2D eigenvalue weighted by atomic mass is 15.4. The van der Waals surface area contributed by atoms with E-state index in [0.717, 1.165) is 35.2 Å². The van der Waals surface area contributed by atoms with Gasteiger partial charge < -0.3 is 4.90 Å². The van der Waals surface area contributed by atoms with Gasteiger partial charge in [-0.1, -0.05) is 19.4 Å². The molecule has 0 aliphatic rings. The van der Waals surface area contributed by atoms with E-state index in [4.69, 9.17) is 0 Å². The van der Waals surface area contributed by atoms with Gasteiger partial charge in [0.1, 0.15) is 5.69 Å². The summed E-state index contributed by atoms with van der Waals surface area (Å²) in [7, 11) is 0. The van der Waals surface area contributed by atoms with Crippen LogP contribution in [0.1, 0.15) is 43.5 Å². The lowest BCUT2D eigenvalue weighted by atomic mass is 10.1. The Labute approximate surface area is 176 Å². The Morgan fingerprint density at radius 1 is 1.10 bits per heavy atom. The molecule has 0 spiro atoms. The predicted octanol–water partition coefficient (Wildman–Crippen LogP) is 3.37. The van der Waals surface area contributed by atoms with E-state index < -0.39 is 0 Å². The molecule has 3 aromatic heterocycles. The molecule has 7 heteroatoms. The van der Waals surface area contributed by atoms with Gasteiger partial charge in [-0.05, 0) is 56.5 Å². The second kappa shape index (κ2) is 8.57. The maximum atomic E-state index is 4.65. The maximum Gasteiger partial charge on any atom is 0.205 e. The molecule has 0 N–H and O–H groups in total. The van der Waals surface area contributed by atoms with Gasteiger partial charge in [0.2, 0.25) is 5.82 Å². The van der Waals surface area contributed by atoms with Crippen molar-refractivity contribution in [3.05, 3.63) is 58.8 Å². The molecule has 7 nitrogen and oxygen atoms in total. The third kappa shape index (κ3) is 3.75. The molecule has 3 heterocycles. The van der Waals surface area contributed by atoms with E-state index in [1.54, 1.807) is 23.1 Å². The standard InChI is InChI=1S/C23H27N7/c1-5-7-12-29(6-2)19-9-8-18(16(3)13-19)14-20-17(4)28-30-22(20)26-27-23(30)21-15-24-10-11-25-21/h8-11,13-15H,5-7,12H2,1-4H3/b20-14-. The Balaban J connectivity index is 1.73. The molecule has 0 saturated carbocycles. The summed E-state index contributed by atoms with van der Waals surface area (Å²) < 4.78 is 1.75. The molecular weight excluding hydrogens is 374 g/mol. The van der Waals surface area contributed by atoms with Gasteiger partial charge in [-0.2, -0.15) is 9.61 Å². The number of aromatic nitrogens is 6. The molecule has 0 saturated heterocycles. The zero-order valence-electron chi connectivity index (χ0n) is 18.0. The van der Waals surface area contributed by atoms with Crippen LogP contribution in [0.4, 0.5) is 5.69 Å². The molecule has 0 aliphatic heterocycles. The van der Waals surface area contributed by atoms with Crippen LogP contribution < -0.4 is 10.1 Å². The second-order valence-corrected chi connectivity index (χ2v) is 7.47. The summed E-state index contributed by atoms with van der Waals surface area (Å²) in [5.74, 6) is 0.599. The van der Waals surface area contributed by atoms with Crippen molar-refractivity contribution in [2.24, 2.45) is 0 Å². The quantitative estimate of drug-likeness (QED) is 0.473. The van der Waals surface area contributed by atoms with Gasteiger partial charge in [-0.15, -0.1) is 10.2 Å².